The minimum Gasteiger partial charge on any atom is -0.508 e. The molecule has 1 saturated heterocycles. The van der Waals surface area contributed by atoms with Crippen LogP contribution in [0.1, 0.15) is 51.3 Å². The average Bonchev–Trinajstić information content (AvgIpc) is 3.17. The van der Waals surface area contributed by atoms with Crippen LogP contribution < -0.4 is 31.9 Å². The molecular weight excluding hydrogens is 785 g/mol. The molecule has 1 aliphatic rings. The van der Waals surface area contributed by atoms with Gasteiger partial charge in [-0.25, -0.2) is 4.79 Å². The van der Waals surface area contributed by atoms with Crippen LogP contribution in [-0.4, -0.2) is 97.9 Å². The van der Waals surface area contributed by atoms with Crippen molar-refractivity contribution in [3.8, 4) is 5.75 Å². The van der Waals surface area contributed by atoms with Crippen molar-refractivity contribution in [2.75, 3.05) is 6.54 Å². The Morgan fingerprint density at radius 3 is 1.83 bits per heavy atom. The van der Waals surface area contributed by atoms with E-state index in [9.17, 15) is 43.8 Å². The largest absolute Gasteiger partial charge is 0.508 e. The molecule has 1 fully saturated rings. The molecule has 1 aliphatic heterocycles. The fourth-order valence-electron chi connectivity index (χ4n) is 6.11. The second kappa shape index (κ2) is 20.2. The van der Waals surface area contributed by atoms with E-state index in [1.54, 1.807) is 94.4 Å². The van der Waals surface area contributed by atoms with Gasteiger partial charge in [-0.1, -0.05) is 94.4 Å². The highest BCUT2D eigenvalue weighted by Gasteiger charge is 2.45. The summed E-state index contributed by atoms with van der Waals surface area (Å²) in [5.74, 6) is -5.46. The molecule has 17 heteroatoms. The van der Waals surface area contributed by atoms with Gasteiger partial charge in [0.2, 0.25) is 35.4 Å². The molecule has 3 aromatic rings. The van der Waals surface area contributed by atoms with E-state index in [4.69, 9.17) is 0 Å². The molecule has 0 spiro atoms. The first kappa shape index (κ1) is 45.2. The minimum absolute atomic E-state index is 0.0157. The van der Waals surface area contributed by atoms with Crippen LogP contribution in [0.15, 0.2) is 84.9 Å². The summed E-state index contributed by atoms with van der Waals surface area (Å²) in [7, 11) is 2.19. The lowest BCUT2D eigenvalue weighted by Gasteiger charge is -2.38. The average molecular weight is 835 g/mol. The molecule has 4 rings (SSSR count). The van der Waals surface area contributed by atoms with Gasteiger partial charge in [0.15, 0.2) is 0 Å². The topological polar surface area (TPSA) is 232 Å². The number of rotatable bonds is 12. The molecule has 310 valence electrons. The van der Waals surface area contributed by atoms with Gasteiger partial charge < -0.3 is 42.1 Å². The molecule has 1 unspecified atom stereocenters. The van der Waals surface area contributed by atoms with Crippen molar-refractivity contribution in [2.24, 2.45) is 0 Å². The second-order valence-electron chi connectivity index (χ2n) is 15.0. The fourth-order valence-corrected chi connectivity index (χ4v) is 8.93. The third-order valence-corrected chi connectivity index (χ3v) is 13.5. The van der Waals surface area contributed by atoms with Gasteiger partial charge in [-0.15, -0.1) is 0 Å². The predicted molar refractivity (Wildman–Crippen MR) is 221 cm³/mol. The second-order valence-corrected chi connectivity index (χ2v) is 18.4. The molecule has 8 N–H and O–H groups in total. The maximum Gasteiger partial charge on any atom is 0.327 e. The number of phenolic OH excluding ortho intramolecular Hbond substituents is 1. The van der Waals surface area contributed by atoms with Gasteiger partial charge in [-0.05, 0) is 56.5 Å². The van der Waals surface area contributed by atoms with Crippen LogP contribution in [-0.2, 0) is 52.8 Å². The summed E-state index contributed by atoms with van der Waals surface area (Å²) in [6.45, 7) is 7.23. The highest BCUT2D eigenvalue weighted by atomic mass is 33.1. The SMILES string of the molecule is CC(=O)N[C@@H](Cc1ccccc1)C(=O)N[C@@H](Cc1ccc(O)cc1)C(=O)NC1C(=O)NCC(=O)N[C@@H](Cc2ccccc2)C(=O)N[C@@H](C(=O)O)C(C)(C)SSC1(C)C. The maximum absolute atomic E-state index is 14.4. The number of aromatic hydroxyl groups is 1. The van der Waals surface area contributed by atoms with Gasteiger partial charge in [-0.3, -0.25) is 28.8 Å². The van der Waals surface area contributed by atoms with Crippen LogP contribution >= 0.6 is 21.6 Å². The predicted octanol–water partition coefficient (Wildman–Crippen LogP) is 2.02. The number of phenols is 1. The molecule has 5 atom stereocenters. The number of nitrogens with one attached hydrogen (secondary N) is 6. The van der Waals surface area contributed by atoms with E-state index in [1.165, 1.54) is 19.1 Å². The minimum atomic E-state index is -1.44. The van der Waals surface area contributed by atoms with Crippen molar-refractivity contribution in [1.29, 1.82) is 0 Å². The Morgan fingerprint density at radius 1 is 0.724 bits per heavy atom. The maximum atomic E-state index is 14.4. The zero-order chi connectivity index (χ0) is 42.6. The Hall–Kier alpha value is -5.55. The van der Waals surface area contributed by atoms with Gasteiger partial charge in [-0.2, -0.15) is 0 Å². The molecule has 58 heavy (non-hydrogen) atoms. The first-order chi connectivity index (χ1) is 27.3. The molecule has 0 aliphatic carbocycles. The molecule has 1 heterocycles. The van der Waals surface area contributed by atoms with Gasteiger partial charge in [0.25, 0.3) is 0 Å². The zero-order valence-electron chi connectivity index (χ0n) is 32.9. The van der Waals surface area contributed by atoms with Crippen LogP contribution in [0.4, 0.5) is 0 Å². The van der Waals surface area contributed by atoms with Crippen LogP contribution in [0, 0.1) is 0 Å². The van der Waals surface area contributed by atoms with Crippen LogP contribution in [0.2, 0.25) is 0 Å². The number of carbonyl (C=O) groups excluding carboxylic acids is 6. The smallest absolute Gasteiger partial charge is 0.327 e. The highest BCUT2D eigenvalue weighted by Crippen LogP contribution is 2.46. The van der Waals surface area contributed by atoms with Crippen molar-refractivity contribution in [1.82, 2.24) is 31.9 Å². The number of carbonyl (C=O) groups is 7. The Morgan fingerprint density at radius 2 is 1.26 bits per heavy atom. The molecule has 0 radical (unpaired) electrons. The quantitative estimate of drug-likeness (QED) is 0.123. The van der Waals surface area contributed by atoms with E-state index >= 15 is 0 Å². The van der Waals surface area contributed by atoms with Crippen molar-refractivity contribution in [3.63, 3.8) is 0 Å². The summed E-state index contributed by atoms with van der Waals surface area (Å²) in [6, 6.07) is 17.5. The van der Waals surface area contributed by atoms with E-state index in [1.807, 2.05) is 6.07 Å². The number of amides is 6. The van der Waals surface area contributed by atoms with E-state index in [2.05, 4.69) is 31.9 Å². The summed E-state index contributed by atoms with van der Waals surface area (Å²) < 4.78 is -2.41. The van der Waals surface area contributed by atoms with Crippen LogP contribution in [0.3, 0.4) is 0 Å². The van der Waals surface area contributed by atoms with Gasteiger partial charge in [0, 0.05) is 30.9 Å². The molecule has 6 amide bonds. The van der Waals surface area contributed by atoms with Crippen LogP contribution in [0.5, 0.6) is 5.75 Å². The lowest BCUT2D eigenvalue weighted by atomic mass is 9.99. The molecule has 15 nitrogen and oxygen atoms in total. The number of hydrogen-bond donors (Lipinski definition) is 8. The van der Waals surface area contributed by atoms with Gasteiger partial charge >= 0.3 is 5.97 Å². The van der Waals surface area contributed by atoms with Crippen molar-refractivity contribution in [2.45, 2.75) is 93.6 Å². The fraction of sp³-hybridized carbons (Fsp3) is 0.390. The highest BCUT2D eigenvalue weighted by molar-refractivity contribution is 8.77. The van der Waals surface area contributed by atoms with E-state index in [-0.39, 0.29) is 25.0 Å². The number of carboxylic acid groups (broad SMARTS) is 1. The molecule has 3 aromatic carbocycles. The third-order valence-electron chi connectivity index (χ3n) is 9.29. The lowest BCUT2D eigenvalue weighted by molar-refractivity contribution is -0.143. The van der Waals surface area contributed by atoms with E-state index in [0.717, 1.165) is 27.2 Å². The first-order valence-corrected chi connectivity index (χ1v) is 20.7. The molecule has 0 bridgehead atoms. The lowest BCUT2D eigenvalue weighted by Crippen LogP contribution is -2.63. The summed E-state index contributed by atoms with van der Waals surface area (Å²) >= 11 is 0. The van der Waals surface area contributed by atoms with Crippen molar-refractivity contribution < 1.29 is 43.8 Å². The van der Waals surface area contributed by atoms with Crippen molar-refractivity contribution in [3.05, 3.63) is 102 Å². The number of carboxylic acids is 1. The molecule has 0 aromatic heterocycles. The standard InChI is InChI=1S/C41H50N6O9S2/c1-24(48)43-29(20-25-12-8-6-9-13-25)35(51)45-31(22-27-16-18-28(49)19-17-27)37(53)46-33-38(54)42-23-32(50)44-30(21-26-14-10-7-11-15-26)36(52)47-34(39(55)56)41(4,5)58-57-40(33,2)3/h6-19,29-31,33-34,49H,20-23H2,1-5H3,(H,42,54)(H,43,48)(H,44,50)(H,45,51)(H,46,53)(H,47,52)(H,55,56)/t29-,30-,31-,33?,34-/m0/s1. The Balaban J connectivity index is 1.66. The van der Waals surface area contributed by atoms with Crippen LogP contribution in [0.25, 0.3) is 0 Å². The van der Waals surface area contributed by atoms with E-state index < -0.39 is 87.7 Å². The zero-order valence-corrected chi connectivity index (χ0v) is 34.5. The molecular formula is C41H50N6O9S2. The number of aliphatic carboxylic acids is 1. The molecule has 0 saturated carbocycles. The monoisotopic (exact) mass is 834 g/mol. The Bertz CT molecular complexity index is 1950. The third kappa shape index (κ3) is 13.3. The Kier molecular flexibility index (Phi) is 15.8. The number of benzene rings is 3. The number of hydrogen-bond acceptors (Lipinski definition) is 10. The first-order valence-electron chi connectivity index (χ1n) is 18.6. The normalized spacial score (nSPS) is 20.7. The van der Waals surface area contributed by atoms with Crippen molar-refractivity contribution >= 4 is 63.0 Å². The van der Waals surface area contributed by atoms with E-state index in [0.29, 0.717) is 11.1 Å². The Labute approximate surface area is 345 Å². The van der Waals surface area contributed by atoms with Gasteiger partial charge in [0.05, 0.1) is 11.3 Å². The summed E-state index contributed by atoms with van der Waals surface area (Å²) in [4.78, 5) is 93.9. The van der Waals surface area contributed by atoms with Gasteiger partial charge in [0.1, 0.15) is 36.0 Å². The summed E-state index contributed by atoms with van der Waals surface area (Å²) in [6.07, 6.45) is 0.0768. The summed E-state index contributed by atoms with van der Waals surface area (Å²) in [5.41, 5.74) is 2.01. The summed E-state index contributed by atoms with van der Waals surface area (Å²) in [5, 5.41) is 36.1.